The molecule has 0 spiro atoms. The van der Waals surface area contributed by atoms with Gasteiger partial charge in [0.1, 0.15) is 6.54 Å². The van der Waals surface area contributed by atoms with E-state index in [4.69, 9.17) is 4.74 Å². The van der Waals surface area contributed by atoms with Gasteiger partial charge in [-0.05, 0) is 29.7 Å². The van der Waals surface area contributed by atoms with Crippen molar-refractivity contribution in [3.05, 3.63) is 48.3 Å². The summed E-state index contributed by atoms with van der Waals surface area (Å²) in [6.07, 6.45) is 3.42. The highest BCUT2D eigenvalue weighted by atomic mass is 127. The second-order valence-corrected chi connectivity index (χ2v) is 8.22. The maximum Gasteiger partial charge on any atom is 0.246 e. The largest absolute Gasteiger partial charge is 0.379 e. The van der Waals surface area contributed by atoms with Crippen molar-refractivity contribution in [1.82, 2.24) is 25.3 Å². The van der Waals surface area contributed by atoms with E-state index in [1.807, 2.05) is 24.3 Å². The number of anilines is 1. The van der Waals surface area contributed by atoms with Crippen molar-refractivity contribution in [2.75, 3.05) is 45.2 Å². The van der Waals surface area contributed by atoms with Crippen LogP contribution in [0.15, 0.2) is 47.7 Å². The van der Waals surface area contributed by atoms with Crippen molar-refractivity contribution in [1.29, 1.82) is 0 Å². The summed E-state index contributed by atoms with van der Waals surface area (Å²) in [5.41, 5.74) is 1.81. The quantitative estimate of drug-likeness (QED) is 0.244. The predicted molar refractivity (Wildman–Crippen MR) is 142 cm³/mol. The molecule has 3 N–H and O–H groups in total. The molecule has 1 saturated heterocycles. The van der Waals surface area contributed by atoms with Crippen molar-refractivity contribution < 1.29 is 9.53 Å². The van der Waals surface area contributed by atoms with Gasteiger partial charge in [0.15, 0.2) is 5.96 Å². The number of benzene rings is 1. The summed E-state index contributed by atoms with van der Waals surface area (Å²) in [6.45, 7) is 9.65. The second kappa shape index (κ2) is 14.2. The molecule has 1 aromatic heterocycles. The monoisotopic (exact) mass is 569 g/mol. The Hall–Kier alpha value is -2.18. The number of aromatic nitrogens is 2. The van der Waals surface area contributed by atoms with Crippen LogP contribution < -0.4 is 16.0 Å². The van der Waals surface area contributed by atoms with Gasteiger partial charge in [0.05, 0.1) is 13.2 Å². The number of ether oxygens (including phenoxy) is 1. The molecule has 0 saturated carbocycles. The Bertz CT molecular complexity index is 867. The Labute approximate surface area is 213 Å². The van der Waals surface area contributed by atoms with Crippen molar-refractivity contribution >= 4 is 41.5 Å². The SMILES string of the molecule is CN=C(NCc1cccc(NC(=O)Cn2cccn2)c1)NCC(C(C)C)N1CCOCC1.I. The summed E-state index contributed by atoms with van der Waals surface area (Å²) in [5.74, 6) is 1.18. The topological polar surface area (TPSA) is 95.8 Å². The molecule has 1 fully saturated rings. The van der Waals surface area contributed by atoms with Gasteiger partial charge in [0, 0.05) is 57.3 Å². The Balaban J connectivity index is 0.00000385. The lowest BCUT2D eigenvalue weighted by Gasteiger charge is -2.37. The lowest BCUT2D eigenvalue weighted by Crippen LogP contribution is -2.52. The van der Waals surface area contributed by atoms with E-state index < -0.39 is 0 Å². The Morgan fingerprint density at radius 1 is 1.21 bits per heavy atom. The first kappa shape index (κ1) is 27.1. The van der Waals surface area contributed by atoms with Crippen molar-refractivity contribution in [3.8, 4) is 0 Å². The van der Waals surface area contributed by atoms with Crippen LogP contribution in [-0.2, 0) is 22.6 Å². The molecule has 1 atom stereocenters. The number of nitrogens with zero attached hydrogens (tertiary/aromatic N) is 4. The first-order chi connectivity index (χ1) is 15.5. The van der Waals surface area contributed by atoms with Crippen LogP contribution in [0.4, 0.5) is 5.69 Å². The predicted octanol–water partition coefficient (Wildman–Crippen LogP) is 2.16. The number of aliphatic imine (C=N–C) groups is 1. The molecule has 1 unspecified atom stereocenters. The molecule has 10 heteroatoms. The van der Waals surface area contributed by atoms with Gasteiger partial charge >= 0.3 is 0 Å². The highest BCUT2D eigenvalue weighted by Gasteiger charge is 2.23. The third-order valence-corrected chi connectivity index (χ3v) is 5.52. The van der Waals surface area contributed by atoms with Crippen LogP contribution in [0.25, 0.3) is 0 Å². The van der Waals surface area contributed by atoms with Gasteiger partial charge in [0.2, 0.25) is 5.91 Å². The Morgan fingerprint density at radius 3 is 2.67 bits per heavy atom. The second-order valence-electron chi connectivity index (χ2n) is 8.22. The van der Waals surface area contributed by atoms with Crippen LogP contribution in [0.2, 0.25) is 0 Å². The van der Waals surface area contributed by atoms with E-state index in [0.717, 1.165) is 50.1 Å². The zero-order chi connectivity index (χ0) is 22.8. The molecule has 1 aromatic carbocycles. The molecule has 2 heterocycles. The summed E-state index contributed by atoms with van der Waals surface area (Å²) >= 11 is 0. The minimum absolute atomic E-state index is 0. The van der Waals surface area contributed by atoms with Gasteiger partial charge in [-0.3, -0.25) is 19.4 Å². The molecule has 2 aromatic rings. The number of hydrogen-bond donors (Lipinski definition) is 3. The van der Waals surface area contributed by atoms with Gasteiger partial charge in [-0.1, -0.05) is 26.0 Å². The van der Waals surface area contributed by atoms with Crippen LogP contribution in [0, 0.1) is 5.92 Å². The summed E-state index contributed by atoms with van der Waals surface area (Å²) in [6, 6.07) is 10.0. The molecule has 0 aliphatic carbocycles. The molecular weight excluding hydrogens is 533 g/mol. The fourth-order valence-corrected chi connectivity index (χ4v) is 3.80. The van der Waals surface area contributed by atoms with E-state index in [1.54, 1.807) is 30.2 Å². The van der Waals surface area contributed by atoms with Crippen LogP contribution >= 0.6 is 24.0 Å². The molecule has 1 aliphatic heterocycles. The van der Waals surface area contributed by atoms with Crippen molar-refractivity contribution in [2.45, 2.75) is 33.0 Å². The van der Waals surface area contributed by atoms with Gasteiger partial charge in [-0.25, -0.2) is 0 Å². The fraction of sp³-hybridized carbons (Fsp3) is 0.522. The van der Waals surface area contributed by atoms with Crippen molar-refractivity contribution in [3.63, 3.8) is 0 Å². The smallest absolute Gasteiger partial charge is 0.246 e. The molecule has 1 amide bonds. The van der Waals surface area contributed by atoms with Gasteiger partial charge in [-0.15, -0.1) is 24.0 Å². The molecule has 1 aliphatic rings. The van der Waals surface area contributed by atoms with Crippen LogP contribution in [0.5, 0.6) is 0 Å². The van der Waals surface area contributed by atoms with Gasteiger partial charge < -0.3 is 20.7 Å². The molecule has 3 rings (SSSR count). The van der Waals surface area contributed by atoms with Gasteiger partial charge in [0.25, 0.3) is 0 Å². The first-order valence-corrected chi connectivity index (χ1v) is 11.2. The first-order valence-electron chi connectivity index (χ1n) is 11.2. The number of guanidine groups is 1. The molecule has 0 bridgehead atoms. The Morgan fingerprint density at radius 2 is 2.00 bits per heavy atom. The number of carbonyl (C=O) groups is 1. The zero-order valence-electron chi connectivity index (χ0n) is 19.7. The third kappa shape index (κ3) is 8.94. The molecule has 33 heavy (non-hydrogen) atoms. The van der Waals surface area contributed by atoms with E-state index in [9.17, 15) is 4.79 Å². The lowest BCUT2D eigenvalue weighted by molar-refractivity contribution is -0.116. The molecular formula is C23H36IN7O2. The lowest BCUT2D eigenvalue weighted by atomic mass is 10.0. The number of carbonyl (C=O) groups excluding carboxylic acids is 1. The highest BCUT2D eigenvalue weighted by Crippen LogP contribution is 2.13. The zero-order valence-corrected chi connectivity index (χ0v) is 22.0. The maximum absolute atomic E-state index is 12.2. The van der Waals surface area contributed by atoms with E-state index in [-0.39, 0.29) is 36.4 Å². The van der Waals surface area contributed by atoms with Crippen LogP contribution in [-0.4, -0.2) is 72.5 Å². The molecule has 182 valence electrons. The average Bonchev–Trinajstić information content (AvgIpc) is 3.29. The summed E-state index contributed by atoms with van der Waals surface area (Å²) in [5, 5.41) is 13.8. The van der Waals surface area contributed by atoms with Crippen LogP contribution in [0.1, 0.15) is 19.4 Å². The molecule has 0 radical (unpaired) electrons. The number of morpholine rings is 1. The Kier molecular flexibility index (Phi) is 11.6. The summed E-state index contributed by atoms with van der Waals surface area (Å²) in [4.78, 5) is 19.1. The van der Waals surface area contributed by atoms with Crippen molar-refractivity contribution in [2.24, 2.45) is 10.9 Å². The van der Waals surface area contributed by atoms with E-state index in [1.165, 1.54) is 0 Å². The third-order valence-electron chi connectivity index (χ3n) is 5.52. The minimum atomic E-state index is -0.112. The highest BCUT2D eigenvalue weighted by molar-refractivity contribution is 14.0. The van der Waals surface area contributed by atoms with E-state index >= 15 is 0 Å². The molecule has 9 nitrogen and oxygen atoms in total. The minimum Gasteiger partial charge on any atom is -0.379 e. The maximum atomic E-state index is 12.2. The van der Waals surface area contributed by atoms with Gasteiger partial charge in [-0.2, -0.15) is 5.10 Å². The average molecular weight is 569 g/mol. The number of rotatable bonds is 9. The number of nitrogens with one attached hydrogen (secondary N) is 3. The number of halogens is 1. The van der Waals surface area contributed by atoms with E-state index in [2.05, 4.69) is 44.8 Å². The summed E-state index contributed by atoms with van der Waals surface area (Å²) in [7, 11) is 1.78. The summed E-state index contributed by atoms with van der Waals surface area (Å²) < 4.78 is 7.09. The van der Waals surface area contributed by atoms with E-state index in [0.29, 0.717) is 18.5 Å². The number of hydrogen-bond acceptors (Lipinski definition) is 5. The number of amides is 1. The normalized spacial score (nSPS) is 15.6. The fourth-order valence-electron chi connectivity index (χ4n) is 3.80. The van der Waals surface area contributed by atoms with Crippen LogP contribution in [0.3, 0.4) is 0 Å². The standard InChI is InChI=1S/C23H35N7O2.HI/c1-18(2)21(29-10-12-32-13-11-29)16-26-23(24-3)25-15-19-6-4-7-20(14-19)28-22(31)17-30-9-5-8-27-30;/h4-9,14,18,21H,10-13,15-17H2,1-3H3,(H,28,31)(H2,24,25,26);1H.